The number of pyridine rings is 1. The first-order chi connectivity index (χ1) is 10.1. The molecule has 1 amide bonds. The molecule has 0 atom stereocenters. The SMILES string of the molecule is CN(C)CCNC(=O)c1c(-c2ccccc2)cc[nH]c1=O. The van der Waals surface area contributed by atoms with Crippen LogP contribution in [0.5, 0.6) is 0 Å². The molecule has 21 heavy (non-hydrogen) atoms. The standard InChI is InChI=1S/C16H19N3O2/c1-19(2)11-10-18-16(21)14-13(8-9-17-15(14)20)12-6-4-3-5-7-12/h3-9H,10-11H2,1-2H3,(H,17,20)(H,18,21). The van der Waals surface area contributed by atoms with E-state index < -0.39 is 0 Å². The zero-order valence-corrected chi connectivity index (χ0v) is 12.2. The fraction of sp³-hybridized carbons (Fsp3) is 0.250. The van der Waals surface area contributed by atoms with Gasteiger partial charge in [0.2, 0.25) is 0 Å². The first-order valence-corrected chi connectivity index (χ1v) is 6.79. The van der Waals surface area contributed by atoms with Crippen LogP contribution in [-0.2, 0) is 0 Å². The minimum Gasteiger partial charge on any atom is -0.351 e. The van der Waals surface area contributed by atoms with E-state index in [1.807, 2.05) is 49.3 Å². The molecule has 0 saturated carbocycles. The molecule has 2 aromatic rings. The summed E-state index contributed by atoms with van der Waals surface area (Å²) in [5, 5.41) is 2.78. The van der Waals surface area contributed by atoms with E-state index in [-0.39, 0.29) is 17.0 Å². The Bertz CT molecular complexity index is 663. The highest BCUT2D eigenvalue weighted by Gasteiger charge is 2.16. The van der Waals surface area contributed by atoms with Crippen molar-refractivity contribution in [1.82, 2.24) is 15.2 Å². The molecule has 0 fully saturated rings. The summed E-state index contributed by atoms with van der Waals surface area (Å²) >= 11 is 0. The summed E-state index contributed by atoms with van der Waals surface area (Å²) < 4.78 is 0. The largest absolute Gasteiger partial charge is 0.351 e. The third-order valence-electron chi connectivity index (χ3n) is 3.12. The highest BCUT2D eigenvalue weighted by molar-refractivity contribution is 6.00. The van der Waals surface area contributed by atoms with Gasteiger partial charge in [-0.1, -0.05) is 30.3 Å². The second-order valence-electron chi connectivity index (χ2n) is 5.02. The molecule has 0 spiro atoms. The van der Waals surface area contributed by atoms with Crippen molar-refractivity contribution in [3.63, 3.8) is 0 Å². The van der Waals surface area contributed by atoms with Gasteiger partial charge < -0.3 is 15.2 Å². The number of H-pyrrole nitrogens is 1. The van der Waals surface area contributed by atoms with Gasteiger partial charge in [-0.25, -0.2) is 0 Å². The number of rotatable bonds is 5. The molecule has 2 rings (SSSR count). The van der Waals surface area contributed by atoms with E-state index in [0.717, 1.165) is 12.1 Å². The Morgan fingerprint density at radius 3 is 2.57 bits per heavy atom. The van der Waals surface area contributed by atoms with Crippen LogP contribution in [0.3, 0.4) is 0 Å². The summed E-state index contributed by atoms with van der Waals surface area (Å²) in [6, 6.07) is 11.2. The Labute approximate surface area is 123 Å². The molecule has 1 aromatic heterocycles. The third kappa shape index (κ3) is 3.79. The van der Waals surface area contributed by atoms with Crippen molar-refractivity contribution in [3.8, 4) is 11.1 Å². The summed E-state index contributed by atoms with van der Waals surface area (Å²) in [7, 11) is 3.85. The second kappa shape index (κ2) is 6.85. The average molecular weight is 285 g/mol. The molecule has 0 bridgehead atoms. The predicted molar refractivity (Wildman–Crippen MR) is 83.4 cm³/mol. The number of aromatic nitrogens is 1. The molecule has 5 heteroatoms. The molecular formula is C16H19N3O2. The van der Waals surface area contributed by atoms with E-state index in [9.17, 15) is 9.59 Å². The van der Waals surface area contributed by atoms with Gasteiger partial charge in [0.1, 0.15) is 5.56 Å². The van der Waals surface area contributed by atoms with Crippen molar-refractivity contribution in [3.05, 3.63) is 58.5 Å². The summed E-state index contributed by atoms with van der Waals surface area (Å²) in [6.07, 6.45) is 1.56. The fourth-order valence-electron chi connectivity index (χ4n) is 2.04. The molecule has 0 radical (unpaired) electrons. The van der Waals surface area contributed by atoms with Crippen molar-refractivity contribution >= 4 is 5.91 Å². The average Bonchev–Trinajstić information content (AvgIpc) is 2.47. The van der Waals surface area contributed by atoms with E-state index in [0.29, 0.717) is 12.1 Å². The number of amides is 1. The number of carbonyl (C=O) groups excluding carboxylic acids is 1. The van der Waals surface area contributed by atoms with Crippen LogP contribution < -0.4 is 10.9 Å². The number of hydrogen-bond donors (Lipinski definition) is 2. The van der Waals surface area contributed by atoms with Crippen molar-refractivity contribution in [2.75, 3.05) is 27.2 Å². The fourth-order valence-corrected chi connectivity index (χ4v) is 2.04. The molecule has 0 aliphatic rings. The van der Waals surface area contributed by atoms with Crippen LogP contribution in [0.2, 0.25) is 0 Å². The third-order valence-corrected chi connectivity index (χ3v) is 3.12. The molecule has 0 aliphatic carbocycles. The van der Waals surface area contributed by atoms with Gasteiger partial charge in [0, 0.05) is 24.8 Å². The van der Waals surface area contributed by atoms with Crippen LogP contribution in [0.1, 0.15) is 10.4 Å². The number of nitrogens with zero attached hydrogens (tertiary/aromatic N) is 1. The quantitative estimate of drug-likeness (QED) is 0.871. The molecule has 110 valence electrons. The number of aromatic amines is 1. The summed E-state index contributed by atoms with van der Waals surface area (Å²) in [5.74, 6) is -0.349. The maximum absolute atomic E-state index is 12.3. The Morgan fingerprint density at radius 1 is 1.19 bits per heavy atom. The highest BCUT2D eigenvalue weighted by atomic mass is 16.2. The van der Waals surface area contributed by atoms with Gasteiger partial charge in [-0.2, -0.15) is 0 Å². The van der Waals surface area contributed by atoms with E-state index in [1.165, 1.54) is 0 Å². The van der Waals surface area contributed by atoms with Crippen LogP contribution in [0.4, 0.5) is 0 Å². The highest BCUT2D eigenvalue weighted by Crippen LogP contribution is 2.20. The molecule has 0 unspecified atom stereocenters. The number of nitrogens with one attached hydrogen (secondary N) is 2. The van der Waals surface area contributed by atoms with Crippen molar-refractivity contribution in [1.29, 1.82) is 0 Å². The Kier molecular flexibility index (Phi) is 4.90. The minimum absolute atomic E-state index is 0.155. The van der Waals surface area contributed by atoms with Crippen LogP contribution in [0.25, 0.3) is 11.1 Å². The van der Waals surface area contributed by atoms with E-state index in [2.05, 4.69) is 10.3 Å². The zero-order chi connectivity index (χ0) is 15.2. The van der Waals surface area contributed by atoms with Gasteiger partial charge in [-0.05, 0) is 25.7 Å². The molecule has 1 aromatic carbocycles. The van der Waals surface area contributed by atoms with E-state index >= 15 is 0 Å². The number of hydrogen-bond acceptors (Lipinski definition) is 3. The summed E-state index contributed by atoms with van der Waals surface area (Å²) in [4.78, 5) is 28.8. The van der Waals surface area contributed by atoms with Gasteiger partial charge in [0.15, 0.2) is 0 Å². The Morgan fingerprint density at radius 2 is 1.90 bits per heavy atom. The smallest absolute Gasteiger partial charge is 0.261 e. The maximum Gasteiger partial charge on any atom is 0.261 e. The van der Waals surface area contributed by atoms with Crippen molar-refractivity contribution < 1.29 is 4.79 Å². The number of likely N-dealkylation sites (N-methyl/N-ethyl adjacent to an activating group) is 1. The first-order valence-electron chi connectivity index (χ1n) is 6.79. The molecule has 1 heterocycles. The first kappa shape index (κ1) is 15.0. The Hall–Kier alpha value is -2.40. The normalized spacial score (nSPS) is 10.6. The minimum atomic E-state index is -0.376. The predicted octanol–water partition coefficient (Wildman–Crippen LogP) is 1.33. The topological polar surface area (TPSA) is 65.2 Å². The summed E-state index contributed by atoms with van der Waals surface area (Å²) in [5.41, 5.74) is 1.27. The lowest BCUT2D eigenvalue weighted by atomic mass is 10.0. The van der Waals surface area contributed by atoms with Gasteiger partial charge in [-0.15, -0.1) is 0 Å². The van der Waals surface area contributed by atoms with Gasteiger partial charge in [-0.3, -0.25) is 9.59 Å². The number of carbonyl (C=O) groups is 1. The van der Waals surface area contributed by atoms with Crippen LogP contribution in [-0.4, -0.2) is 43.0 Å². The van der Waals surface area contributed by atoms with Crippen molar-refractivity contribution in [2.24, 2.45) is 0 Å². The molecule has 0 aliphatic heterocycles. The maximum atomic E-state index is 12.3. The summed E-state index contributed by atoms with van der Waals surface area (Å²) in [6.45, 7) is 1.21. The van der Waals surface area contributed by atoms with Gasteiger partial charge >= 0.3 is 0 Å². The second-order valence-corrected chi connectivity index (χ2v) is 5.02. The lowest BCUT2D eigenvalue weighted by molar-refractivity contribution is 0.0950. The zero-order valence-electron chi connectivity index (χ0n) is 12.2. The lowest BCUT2D eigenvalue weighted by Crippen LogP contribution is -2.34. The van der Waals surface area contributed by atoms with Gasteiger partial charge in [0.25, 0.3) is 11.5 Å². The lowest BCUT2D eigenvalue weighted by Gasteiger charge is -2.12. The molecule has 2 N–H and O–H groups in total. The van der Waals surface area contributed by atoms with Gasteiger partial charge in [0.05, 0.1) is 0 Å². The van der Waals surface area contributed by atoms with E-state index in [1.54, 1.807) is 12.3 Å². The van der Waals surface area contributed by atoms with Crippen LogP contribution in [0, 0.1) is 0 Å². The monoisotopic (exact) mass is 285 g/mol. The number of benzene rings is 1. The van der Waals surface area contributed by atoms with Crippen LogP contribution >= 0.6 is 0 Å². The molecular weight excluding hydrogens is 266 g/mol. The van der Waals surface area contributed by atoms with Crippen LogP contribution in [0.15, 0.2) is 47.4 Å². The molecule has 5 nitrogen and oxygen atoms in total. The molecule has 0 saturated heterocycles. The van der Waals surface area contributed by atoms with E-state index in [4.69, 9.17) is 0 Å². The van der Waals surface area contributed by atoms with Crippen molar-refractivity contribution in [2.45, 2.75) is 0 Å². The Balaban J connectivity index is 2.31.